The number of ether oxygens (including phenoxy) is 1. The number of aryl methyl sites for hydroxylation is 1. The summed E-state index contributed by atoms with van der Waals surface area (Å²) >= 11 is 0. The smallest absolute Gasteiger partial charge is 0.127 e. The maximum absolute atomic E-state index is 10.7. The zero-order chi connectivity index (χ0) is 16.6. The summed E-state index contributed by atoms with van der Waals surface area (Å²) in [6, 6.07) is 4.15. The van der Waals surface area contributed by atoms with E-state index in [1.165, 1.54) is 30.4 Å². The Morgan fingerprint density at radius 3 is 1.86 bits per heavy atom. The molecular weight excluding hydrogens is 428 g/mol. The molecule has 1 heterocycles. The number of unbranched alkanes of at least 4 members (excludes halogenated alkanes) is 2. The van der Waals surface area contributed by atoms with Gasteiger partial charge in [-0.05, 0) is 64.2 Å². The van der Waals surface area contributed by atoms with Gasteiger partial charge in [0.1, 0.15) is 17.1 Å². The summed E-state index contributed by atoms with van der Waals surface area (Å²) in [6.45, 7) is 8.81. The Hall–Kier alpha value is -1.44. The van der Waals surface area contributed by atoms with Crippen LogP contribution in [-0.2, 0) is 6.42 Å². The Labute approximate surface area is 229 Å². The molecule has 0 amide bonds. The Balaban J connectivity index is -0.0000000651. The number of benzene rings is 1. The largest absolute Gasteiger partial charge is 0.508 e. The van der Waals surface area contributed by atoms with Gasteiger partial charge in [-0.1, -0.05) is 121 Å². The monoisotopic (exact) mass is 507 g/mol. The minimum Gasteiger partial charge on any atom is -0.508 e. The van der Waals surface area contributed by atoms with E-state index in [1.807, 2.05) is 6.07 Å². The van der Waals surface area contributed by atoms with Crippen LogP contribution in [0.25, 0.3) is 0 Å². The Kier molecular flexibility index (Phi) is 47.0. The van der Waals surface area contributed by atoms with Crippen molar-refractivity contribution in [1.29, 1.82) is 0 Å². The van der Waals surface area contributed by atoms with E-state index in [9.17, 15) is 5.11 Å². The minimum atomic E-state index is -0.177. The zero-order valence-corrected chi connectivity index (χ0v) is 15.0. The van der Waals surface area contributed by atoms with Crippen molar-refractivity contribution >= 4 is 0 Å². The van der Waals surface area contributed by atoms with Crippen LogP contribution in [0.3, 0.4) is 0 Å². The second-order valence-electron chi connectivity index (χ2n) is 7.89. The van der Waals surface area contributed by atoms with E-state index >= 15 is 0 Å². The number of rotatable bonds is 4. The van der Waals surface area contributed by atoms with Crippen molar-refractivity contribution in [1.82, 2.24) is 0 Å². The molecule has 1 aliphatic heterocycles. The summed E-state index contributed by atoms with van der Waals surface area (Å²) in [5.74, 6) is 2.17. The number of hydrogen-bond acceptors (Lipinski definition) is 2. The van der Waals surface area contributed by atoms with Crippen LogP contribution in [0.2, 0.25) is 0 Å². The van der Waals surface area contributed by atoms with E-state index in [0.29, 0.717) is 17.6 Å². The summed E-state index contributed by atoms with van der Waals surface area (Å²) < 4.78 is 6.36. The lowest BCUT2D eigenvalue weighted by atomic mass is 9.67. The Morgan fingerprint density at radius 1 is 0.857 bits per heavy atom. The molecule has 0 bridgehead atoms. The first-order valence-corrected chi connectivity index (χ1v) is 9.12. The lowest BCUT2D eigenvalue weighted by Gasteiger charge is -2.47. The molecule has 1 aromatic carbocycles. The van der Waals surface area contributed by atoms with Gasteiger partial charge in [0.15, 0.2) is 0 Å². The molecule has 0 fully saturated rings. The number of phenols is 1. The van der Waals surface area contributed by atoms with Crippen LogP contribution >= 0.6 is 0 Å². The molecule has 35 heavy (non-hydrogen) atoms. The summed E-state index contributed by atoms with van der Waals surface area (Å²) in [6.07, 6.45) is 9.06. The third-order valence-corrected chi connectivity index (χ3v) is 5.63. The average molecular weight is 507 g/mol. The third-order valence-electron chi connectivity index (χ3n) is 5.63. The first kappa shape index (κ1) is 64.1. The maximum Gasteiger partial charge on any atom is 0.127 e. The lowest BCUT2D eigenvalue weighted by molar-refractivity contribution is 0.00752. The number of phenolic OH excluding ortho intramolecular Hbond substituents is 1. The van der Waals surface area contributed by atoms with Gasteiger partial charge in [-0.2, -0.15) is 0 Å². The quantitative estimate of drug-likeness (QED) is 0.325. The molecule has 0 saturated heterocycles. The SMILES string of the molecule is C.C.C.C.C.C.C.C.C.C.C.C.CCCCCc1cc(O)c2c(c1)OC(C)(C)[C@H]1CC=C(C)C[C@H]21. The van der Waals surface area contributed by atoms with E-state index < -0.39 is 0 Å². The second kappa shape index (κ2) is 25.6. The number of hydrogen-bond donors (Lipinski definition) is 1. The highest BCUT2D eigenvalue weighted by atomic mass is 16.5. The molecule has 1 N–H and O–H groups in total. The van der Waals surface area contributed by atoms with E-state index in [4.69, 9.17) is 4.74 Å². The number of aromatic hydroxyl groups is 1. The fourth-order valence-electron chi connectivity index (χ4n) is 4.34. The second-order valence-corrected chi connectivity index (χ2v) is 7.89. The normalized spacial score (nSPS) is 16.5. The van der Waals surface area contributed by atoms with Crippen LogP contribution in [0.15, 0.2) is 23.8 Å². The minimum absolute atomic E-state index is 0. The molecule has 0 aromatic heterocycles. The zero-order valence-electron chi connectivity index (χ0n) is 15.0. The highest BCUT2D eigenvalue weighted by molar-refractivity contribution is 5.52. The molecule has 2 atom stereocenters. The summed E-state index contributed by atoms with van der Waals surface area (Å²) in [5.41, 5.74) is 3.50. The molecule has 3 rings (SSSR count). The van der Waals surface area contributed by atoms with Crippen molar-refractivity contribution in [2.75, 3.05) is 0 Å². The number of allylic oxidation sites excluding steroid dienone is 2. The van der Waals surface area contributed by atoms with Crippen LogP contribution in [0.4, 0.5) is 0 Å². The van der Waals surface area contributed by atoms with Crippen LogP contribution < -0.4 is 4.74 Å². The van der Waals surface area contributed by atoms with Gasteiger partial charge >= 0.3 is 0 Å². The van der Waals surface area contributed by atoms with Gasteiger partial charge in [0, 0.05) is 17.4 Å². The Bertz CT molecular complexity index is 614. The fourth-order valence-corrected chi connectivity index (χ4v) is 4.34. The van der Waals surface area contributed by atoms with Crippen molar-refractivity contribution in [3.8, 4) is 11.5 Å². The molecule has 0 saturated carbocycles. The van der Waals surface area contributed by atoms with Crippen molar-refractivity contribution in [2.45, 2.75) is 167 Å². The van der Waals surface area contributed by atoms with E-state index in [-0.39, 0.29) is 94.7 Å². The van der Waals surface area contributed by atoms with Gasteiger partial charge in [-0.25, -0.2) is 0 Å². The van der Waals surface area contributed by atoms with Crippen LogP contribution in [-0.4, -0.2) is 10.7 Å². The van der Waals surface area contributed by atoms with Crippen molar-refractivity contribution in [3.63, 3.8) is 0 Å². The topological polar surface area (TPSA) is 29.5 Å². The van der Waals surface area contributed by atoms with Crippen molar-refractivity contribution < 1.29 is 9.84 Å². The molecule has 0 radical (unpaired) electrons. The molecule has 2 heteroatoms. The predicted molar refractivity (Wildman–Crippen MR) is 176 cm³/mol. The van der Waals surface area contributed by atoms with Gasteiger partial charge < -0.3 is 9.84 Å². The van der Waals surface area contributed by atoms with Crippen LogP contribution in [0, 0.1) is 5.92 Å². The van der Waals surface area contributed by atoms with Gasteiger partial charge in [-0.3, -0.25) is 0 Å². The van der Waals surface area contributed by atoms with Gasteiger partial charge in [0.2, 0.25) is 0 Å². The Morgan fingerprint density at radius 2 is 1.37 bits per heavy atom. The van der Waals surface area contributed by atoms with Gasteiger partial charge in [-0.15, -0.1) is 0 Å². The highest BCUT2D eigenvalue weighted by Gasteiger charge is 2.45. The first-order chi connectivity index (χ1) is 10.9. The lowest BCUT2D eigenvalue weighted by Crippen LogP contribution is -2.45. The van der Waals surface area contributed by atoms with Gasteiger partial charge in [0.25, 0.3) is 0 Å². The molecular formula is C33H78O2. The van der Waals surface area contributed by atoms with Crippen LogP contribution in [0.1, 0.15) is 166 Å². The summed E-state index contributed by atoms with van der Waals surface area (Å²) in [4.78, 5) is 0. The van der Waals surface area contributed by atoms with Gasteiger partial charge in [0.05, 0.1) is 0 Å². The first-order valence-electron chi connectivity index (χ1n) is 9.12. The summed E-state index contributed by atoms with van der Waals surface area (Å²) in [5, 5.41) is 10.7. The standard InChI is InChI=1S/C21H30O2.12CH4/c1-5-6-7-8-15-12-18(22)20-16-11-14(2)9-10-17(16)21(3,4)23-19(20)13-15;;;;;;;;;;;;/h9,12-13,16-17,22H,5-8,10-11H2,1-4H3;12*1H4/t16-,17-;;;;;;;;;;;;/m0............/s1. The predicted octanol–water partition coefficient (Wildman–Crippen LogP) is 13.4. The van der Waals surface area contributed by atoms with Crippen LogP contribution in [0.5, 0.6) is 11.5 Å². The molecule has 1 aliphatic carbocycles. The maximum atomic E-state index is 10.7. The van der Waals surface area contributed by atoms with E-state index in [0.717, 1.165) is 30.6 Å². The average Bonchev–Trinajstić information content (AvgIpc) is 2.46. The third kappa shape index (κ3) is 13.4. The molecule has 1 aromatic rings. The highest BCUT2D eigenvalue weighted by Crippen LogP contribution is 2.54. The van der Waals surface area contributed by atoms with E-state index in [1.54, 1.807) is 0 Å². The fraction of sp³-hybridized carbons (Fsp3) is 0.758. The summed E-state index contributed by atoms with van der Waals surface area (Å²) in [7, 11) is 0. The molecule has 2 nitrogen and oxygen atoms in total. The molecule has 0 unspecified atom stereocenters. The van der Waals surface area contributed by atoms with Crippen molar-refractivity contribution in [2.24, 2.45) is 5.92 Å². The molecule has 2 aliphatic rings. The van der Waals surface area contributed by atoms with Crippen molar-refractivity contribution in [3.05, 3.63) is 34.9 Å². The number of fused-ring (bicyclic) bond motifs is 3. The molecule has 0 spiro atoms. The molecule has 222 valence electrons. The van der Waals surface area contributed by atoms with E-state index in [2.05, 4.69) is 39.8 Å².